The summed E-state index contributed by atoms with van der Waals surface area (Å²) in [6.45, 7) is 1.87. The third-order valence-corrected chi connectivity index (χ3v) is 6.21. The highest BCUT2D eigenvalue weighted by atomic mass is 32.2. The SMILES string of the molecule is Cc1ccc(S(=O)(=O)c2ccc(C(=O)Nc3ccc(N=Nc4ccccc4)cc3)o2)cc1. The average molecular weight is 446 g/mol. The van der Waals surface area contributed by atoms with Crippen LogP contribution in [0.5, 0.6) is 0 Å². The zero-order valence-electron chi connectivity index (χ0n) is 17.1. The van der Waals surface area contributed by atoms with E-state index >= 15 is 0 Å². The fourth-order valence-corrected chi connectivity index (χ4v) is 4.01. The summed E-state index contributed by atoms with van der Waals surface area (Å²) in [4.78, 5) is 12.6. The van der Waals surface area contributed by atoms with Crippen LogP contribution >= 0.6 is 0 Å². The Labute approximate surface area is 185 Å². The Morgan fingerprint density at radius 3 is 2.06 bits per heavy atom. The smallest absolute Gasteiger partial charge is 0.291 e. The largest absolute Gasteiger partial charge is 0.439 e. The highest BCUT2D eigenvalue weighted by Crippen LogP contribution is 2.24. The van der Waals surface area contributed by atoms with Gasteiger partial charge in [0, 0.05) is 5.69 Å². The number of hydrogen-bond donors (Lipinski definition) is 1. The van der Waals surface area contributed by atoms with Gasteiger partial charge in [0.15, 0.2) is 5.76 Å². The van der Waals surface area contributed by atoms with Crippen molar-refractivity contribution in [2.45, 2.75) is 16.9 Å². The van der Waals surface area contributed by atoms with Crippen LogP contribution in [0.3, 0.4) is 0 Å². The first-order chi connectivity index (χ1) is 15.4. The lowest BCUT2D eigenvalue weighted by Crippen LogP contribution is -2.10. The molecule has 1 heterocycles. The lowest BCUT2D eigenvalue weighted by atomic mass is 10.2. The molecule has 0 saturated carbocycles. The third-order valence-electron chi connectivity index (χ3n) is 4.56. The summed E-state index contributed by atoms with van der Waals surface area (Å²) in [6, 6.07) is 25.1. The Bertz CT molecular complexity index is 1360. The van der Waals surface area contributed by atoms with Gasteiger partial charge < -0.3 is 9.73 Å². The van der Waals surface area contributed by atoms with Gasteiger partial charge in [0.1, 0.15) is 0 Å². The van der Waals surface area contributed by atoms with Crippen LogP contribution in [0.15, 0.2) is 116 Å². The van der Waals surface area contributed by atoms with Gasteiger partial charge in [-0.25, -0.2) is 8.42 Å². The molecule has 0 aliphatic rings. The summed E-state index contributed by atoms with van der Waals surface area (Å²) in [6.07, 6.45) is 0. The molecular weight excluding hydrogens is 426 g/mol. The quantitative estimate of drug-likeness (QED) is 0.363. The Balaban J connectivity index is 1.44. The van der Waals surface area contributed by atoms with Gasteiger partial charge in [-0.3, -0.25) is 4.79 Å². The van der Waals surface area contributed by atoms with Gasteiger partial charge in [0.25, 0.3) is 5.91 Å². The molecular formula is C24H19N3O4S. The topological polar surface area (TPSA) is 101 Å². The van der Waals surface area contributed by atoms with Crippen molar-refractivity contribution in [1.82, 2.24) is 0 Å². The molecule has 0 fully saturated rings. The molecule has 160 valence electrons. The van der Waals surface area contributed by atoms with Crippen LogP contribution in [0.4, 0.5) is 17.1 Å². The second-order valence-corrected chi connectivity index (χ2v) is 8.85. The van der Waals surface area contributed by atoms with Crippen molar-refractivity contribution < 1.29 is 17.6 Å². The van der Waals surface area contributed by atoms with Crippen molar-refractivity contribution in [3.8, 4) is 0 Å². The molecule has 0 aliphatic heterocycles. The van der Waals surface area contributed by atoms with Crippen LogP contribution in [0.25, 0.3) is 0 Å². The lowest BCUT2D eigenvalue weighted by molar-refractivity contribution is 0.0991. The number of hydrogen-bond acceptors (Lipinski definition) is 6. The van der Waals surface area contributed by atoms with Gasteiger partial charge in [0.05, 0.1) is 16.3 Å². The van der Waals surface area contributed by atoms with Crippen molar-refractivity contribution in [1.29, 1.82) is 0 Å². The van der Waals surface area contributed by atoms with Crippen LogP contribution in [0.1, 0.15) is 16.1 Å². The molecule has 0 unspecified atom stereocenters. The van der Waals surface area contributed by atoms with E-state index in [1.165, 1.54) is 24.3 Å². The van der Waals surface area contributed by atoms with Gasteiger partial charge in [-0.05, 0) is 67.6 Å². The third kappa shape index (κ3) is 4.81. The van der Waals surface area contributed by atoms with Crippen molar-refractivity contribution >= 4 is 32.8 Å². The maximum atomic E-state index is 12.7. The van der Waals surface area contributed by atoms with E-state index in [0.29, 0.717) is 11.4 Å². The van der Waals surface area contributed by atoms with E-state index in [-0.39, 0.29) is 15.7 Å². The minimum atomic E-state index is -3.85. The summed E-state index contributed by atoms with van der Waals surface area (Å²) in [7, 11) is -3.85. The Morgan fingerprint density at radius 1 is 0.781 bits per heavy atom. The number of benzene rings is 3. The number of azo groups is 1. The average Bonchev–Trinajstić information content (AvgIpc) is 3.31. The Hall–Kier alpha value is -4.04. The molecule has 8 heteroatoms. The zero-order chi connectivity index (χ0) is 22.6. The van der Waals surface area contributed by atoms with Crippen molar-refractivity contribution in [2.75, 3.05) is 5.32 Å². The maximum absolute atomic E-state index is 12.7. The summed E-state index contributed by atoms with van der Waals surface area (Å²) in [5, 5.41) is 10.7. The van der Waals surface area contributed by atoms with Crippen LogP contribution < -0.4 is 5.32 Å². The predicted octanol–water partition coefficient (Wildman–Crippen LogP) is 6.09. The molecule has 4 aromatic rings. The number of anilines is 1. The summed E-state index contributed by atoms with van der Waals surface area (Å²) in [5.41, 5.74) is 2.81. The molecule has 3 aromatic carbocycles. The molecule has 7 nitrogen and oxygen atoms in total. The predicted molar refractivity (Wildman–Crippen MR) is 120 cm³/mol. The number of nitrogens with one attached hydrogen (secondary N) is 1. The molecule has 32 heavy (non-hydrogen) atoms. The summed E-state index contributed by atoms with van der Waals surface area (Å²) >= 11 is 0. The van der Waals surface area contributed by atoms with Crippen molar-refractivity contribution in [2.24, 2.45) is 10.2 Å². The van der Waals surface area contributed by atoms with E-state index < -0.39 is 15.7 Å². The van der Waals surface area contributed by atoms with Gasteiger partial charge in [-0.1, -0.05) is 35.9 Å². The fraction of sp³-hybridized carbons (Fsp3) is 0.0417. The number of amides is 1. The number of aryl methyl sites for hydroxylation is 1. The molecule has 0 saturated heterocycles. The van der Waals surface area contributed by atoms with E-state index in [4.69, 9.17) is 4.42 Å². The highest BCUT2D eigenvalue weighted by molar-refractivity contribution is 7.91. The fourth-order valence-electron chi connectivity index (χ4n) is 2.83. The van der Waals surface area contributed by atoms with Gasteiger partial charge >= 0.3 is 0 Å². The van der Waals surface area contributed by atoms with Gasteiger partial charge in [0.2, 0.25) is 14.9 Å². The van der Waals surface area contributed by atoms with Crippen LogP contribution in [0.2, 0.25) is 0 Å². The van der Waals surface area contributed by atoms with Crippen LogP contribution in [-0.2, 0) is 9.84 Å². The number of carbonyl (C=O) groups is 1. The Morgan fingerprint density at radius 2 is 1.41 bits per heavy atom. The molecule has 0 aliphatic carbocycles. The molecule has 1 aromatic heterocycles. The number of carbonyl (C=O) groups excluding carboxylic acids is 1. The van der Waals surface area contributed by atoms with E-state index in [9.17, 15) is 13.2 Å². The first kappa shape index (κ1) is 21.2. The van der Waals surface area contributed by atoms with E-state index in [1.54, 1.807) is 36.4 Å². The molecule has 1 N–H and O–H groups in total. The molecule has 1 amide bonds. The van der Waals surface area contributed by atoms with Crippen molar-refractivity contribution in [3.63, 3.8) is 0 Å². The zero-order valence-corrected chi connectivity index (χ0v) is 17.9. The van der Waals surface area contributed by atoms with E-state index in [2.05, 4.69) is 15.5 Å². The molecule has 4 rings (SSSR count). The van der Waals surface area contributed by atoms with Crippen LogP contribution in [-0.4, -0.2) is 14.3 Å². The standard InChI is InChI=1S/C24H19N3O4S/c1-17-7-13-21(14-8-17)32(29,30)23-16-15-22(31-23)24(28)25-18-9-11-20(12-10-18)27-26-19-5-3-2-4-6-19/h2-16H,1H3,(H,25,28). The number of furan rings is 1. The maximum Gasteiger partial charge on any atom is 0.291 e. The summed E-state index contributed by atoms with van der Waals surface area (Å²) in [5.74, 6) is -0.669. The van der Waals surface area contributed by atoms with Gasteiger partial charge in [-0.2, -0.15) is 10.2 Å². The minimum absolute atomic E-state index is 0.102. The van der Waals surface area contributed by atoms with Gasteiger partial charge in [-0.15, -0.1) is 0 Å². The molecule has 0 radical (unpaired) electrons. The molecule has 0 bridgehead atoms. The second-order valence-electron chi connectivity index (χ2n) is 6.97. The van der Waals surface area contributed by atoms with Crippen LogP contribution in [0, 0.1) is 6.92 Å². The number of sulfone groups is 1. The second kappa shape index (κ2) is 8.99. The normalized spacial score (nSPS) is 11.5. The summed E-state index contributed by atoms with van der Waals surface area (Å²) < 4.78 is 30.7. The first-order valence-corrected chi connectivity index (χ1v) is 11.2. The van der Waals surface area contributed by atoms with E-state index in [0.717, 1.165) is 11.3 Å². The van der Waals surface area contributed by atoms with Crippen molar-refractivity contribution in [3.05, 3.63) is 102 Å². The Kier molecular flexibility index (Phi) is 5.96. The monoisotopic (exact) mass is 445 g/mol. The minimum Gasteiger partial charge on any atom is -0.439 e. The first-order valence-electron chi connectivity index (χ1n) is 9.72. The lowest BCUT2D eigenvalue weighted by Gasteiger charge is -2.04. The van der Waals surface area contributed by atoms with E-state index in [1.807, 2.05) is 37.3 Å². The molecule has 0 spiro atoms. The number of rotatable bonds is 6. The molecule has 0 atom stereocenters. The number of nitrogens with zero attached hydrogens (tertiary/aromatic N) is 2. The highest BCUT2D eigenvalue weighted by Gasteiger charge is 2.23.